The molecule has 136 valence electrons. The van der Waals surface area contributed by atoms with Crippen LogP contribution in [0.1, 0.15) is 24.0 Å². The minimum atomic E-state index is -4.54. The van der Waals surface area contributed by atoms with Gasteiger partial charge in [0, 0.05) is 11.4 Å². The fourth-order valence-corrected chi connectivity index (χ4v) is 4.95. The van der Waals surface area contributed by atoms with Gasteiger partial charge in [-0.1, -0.05) is 0 Å². The van der Waals surface area contributed by atoms with Crippen LogP contribution in [0.4, 0.5) is 13.2 Å². The van der Waals surface area contributed by atoms with Crippen molar-refractivity contribution in [1.29, 1.82) is 0 Å². The average molecular weight is 375 g/mol. The second kappa shape index (κ2) is 4.95. The van der Waals surface area contributed by atoms with E-state index < -0.39 is 27.4 Å². The van der Waals surface area contributed by atoms with Gasteiger partial charge < -0.3 is 5.11 Å². The summed E-state index contributed by atoms with van der Waals surface area (Å²) in [4.78, 5) is 0. The lowest BCUT2D eigenvalue weighted by molar-refractivity contribution is -0.137. The van der Waals surface area contributed by atoms with Gasteiger partial charge in [0.25, 0.3) is 0 Å². The monoisotopic (exact) mass is 375 g/mol. The zero-order valence-corrected chi connectivity index (χ0v) is 13.9. The van der Waals surface area contributed by atoms with E-state index in [9.17, 15) is 26.7 Å². The highest BCUT2D eigenvalue weighted by atomic mass is 32.2. The third kappa shape index (κ3) is 2.81. The zero-order chi connectivity index (χ0) is 18.2. The molecule has 3 N–H and O–H groups in total. The van der Waals surface area contributed by atoms with Crippen LogP contribution in [-0.4, -0.2) is 36.0 Å². The number of halogens is 3. The van der Waals surface area contributed by atoms with Gasteiger partial charge >= 0.3 is 6.18 Å². The molecule has 1 aromatic carbocycles. The molecule has 1 heterocycles. The highest BCUT2D eigenvalue weighted by Gasteiger charge is 2.62. The molecule has 2 fully saturated rings. The Labute approximate surface area is 141 Å². The number of aromatic amines is 1. The van der Waals surface area contributed by atoms with Crippen LogP contribution in [0.2, 0.25) is 0 Å². The number of alkyl halides is 3. The van der Waals surface area contributed by atoms with Crippen molar-refractivity contribution in [2.24, 2.45) is 11.8 Å². The van der Waals surface area contributed by atoms with Crippen LogP contribution >= 0.6 is 0 Å². The lowest BCUT2D eigenvalue weighted by Gasteiger charge is -2.28. The lowest BCUT2D eigenvalue weighted by atomic mass is 9.85. The summed E-state index contributed by atoms with van der Waals surface area (Å²) >= 11 is 0. The van der Waals surface area contributed by atoms with Gasteiger partial charge in [-0.15, -0.1) is 0 Å². The van der Waals surface area contributed by atoms with Gasteiger partial charge in [0.15, 0.2) is 0 Å². The number of benzene rings is 1. The van der Waals surface area contributed by atoms with Crippen molar-refractivity contribution in [3.8, 4) is 0 Å². The van der Waals surface area contributed by atoms with E-state index >= 15 is 0 Å². The minimum Gasteiger partial charge on any atom is -0.385 e. The first-order valence-electron chi connectivity index (χ1n) is 7.72. The van der Waals surface area contributed by atoms with Crippen LogP contribution in [0.25, 0.3) is 10.9 Å². The molecule has 0 aliphatic heterocycles. The van der Waals surface area contributed by atoms with Gasteiger partial charge in [-0.05, 0) is 42.4 Å². The number of sulfonamides is 1. The van der Waals surface area contributed by atoms with Crippen LogP contribution in [-0.2, 0) is 21.8 Å². The Bertz CT molecular complexity index is 942. The van der Waals surface area contributed by atoms with Crippen LogP contribution in [0.5, 0.6) is 0 Å². The van der Waals surface area contributed by atoms with E-state index in [0.29, 0.717) is 5.39 Å². The molecule has 4 rings (SSSR count). The molecule has 2 unspecified atom stereocenters. The maximum absolute atomic E-state index is 13.2. The number of fused-ring (bicyclic) bond motifs is 2. The summed E-state index contributed by atoms with van der Waals surface area (Å²) < 4.78 is 64.6. The van der Waals surface area contributed by atoms with Crippen LogP contribution in [0, 0.1) is 11.8 Å². The van der Waals surface area contributed by atoms with E-state index in [1.165, 1.54) is 6.20 Å². The molecule has 1 aromatic heterocycles. The van der Waals surface area contributed by atoms with Crippen molar-refractivity contribution in [2.75, 3.05) is 6.26 Å². The zero-order valence-electron chi connectivity index (χ0n) is 13.1. The van der Waals surface area contributed by atoms with Gasteiger partial charge in [0.2, 0.25) is 10.0 Å². The SMILES string of the molecule is CS(=O)(=O)NC1C2CC(O)(c3cc(C(F)(F)F)cc4[nH]ncc34)CC21. The number of rotatable bonds is 3. The first-order chi connectivity index (χ1) is 11.5. The Hall–Kier alpha value is -1.65. The number of aromatic nitrogens is 2. The van der Waals surface area contributed by atoms with E-state index in [4.69, 9.17) is 0 Å². The maximum atomic E-state index is 13.2. The molecule has 2 atom stereocenters. The van der Waals surface area contributed by atoms with Crippen molar-refractivity contribution in [2.45, 2.75) is 30.7 Å². The molecule has 0 amide bonds. The highest BCUT2D eigenvalue weighted by molar-refractivity contribution is 7.88. The largest absolute Gasteiger partial charge is 0.416 e. The minimum absolute atomic E-state index is 0.0729. The summed E-state index contributed by atoms with van der Waals surface area (Å²) in [5.74, 6) is -0.146. The molecule has 2 saturated carbocycles. The molecular formula is C15H16F3N3O3S. The van der Waals surface area contributed by atoms with E-state index in [2.05, 4.69) is 14.9 Å². The van der Waals surface area contributed by atoms with Gasteiger partial charge in [0.05, 0.1) is 29.1 Å². The van der Waals surface area contributed by atoms with Crippen molar-refractivity contribution in [3.05, 3.63) is 29.5 Å². The Morgan fingerprint density at radius 2 is 1.96 bits per heavy atom. The highest BCUT2D eigenvalue weighted by Crippen LogP contribution is 2.60. The summed E-state index contributed by atoms with van der Waals surface area (Å²) in [6, 6.07) is 1.70. The number of hydrogen-bond donors (Lipinski definition) is 3. The molecule has 10 heteroatoms. The van der Waals surface area contributed by atoms with E-state index in [1.807, 2.05) is 0 Å². The van der Waals surface area contributed by atoms with Crippen LogP contribution in [0.3, 0.4) is 0 Å². The fraction of sp³-hybridized carbons (Fsp3) is 0.533. The number of H-pyrrole nitrogens is 1. The molecule has 0 saturated heterocycles. The van der Waals surface area contributed by atoms with Crippen molar-refractivity contribution < 1.29 is 26.7 Å². The summed E-state index contributed by atoms with van der Waals surface area (Å²) in [6.45, 7) is 0. The van der Waals surface area contributed by atoms with Gasteiger partial charge in [-0.2, -0.15) is 18.3 Å². The summed E-state index contributed by atoms with van der Waals surface area (Å²) in [6.07, 6.45) is -1.64. The second-order valence-electron chi connectivity index (χ2n) is 7.04. The third-order valence-electron chi connectivity index (χ3n) is 5.22. The topological polar surface area (TPSA) is 95.1 Å². The fourth-order valence-electron chi connectivity index (χ4n) is 4.11. The number of hydrogen-bond acceptors (Lipinski definition) is 4. The molecular weight excluding hydrogens is 359 g/mol. The Balaban J connectivity index is 1.68. The molecule has 0 bridgehead atoms. The number of aliphatic hydroxyl groups is 1. The maximum Gasteiger partial charge on any atom is 0.416 e. The van der Waals surface area contributed by atoms with Crippen molar-refractivity contribution in [3.63, 3.8) is 0 Å². The Kier molecular flexibility index (Phi) is 3.33. The van der Waals surface area contributed by atoms with Gasteiger partial charge in [0.1, 0.15) is 0 Å². The first-order valence-corrected chi connectivity index (χ1v) is 9.62. The molecule has 25 heavy (non-hydrogen) atoms. The second-order valence-corrected chi connectivity index (χ2v) is 8.82. The standard InChI is InChI=1S/C15H16F3N3O3S/c1-25(23,24)21-13-8-4-14(22,5-9(8)13)11-2-7(15(16,17)18)3-12-10(11)6-19-20-12/h2-3,6,8-9,13,21-22H,4-5H2,1H3,(H,19,20). The van der Waals surface area contributed by atoms with Crippen LogP contribution in [0.15, 0.2) is 18.3 Å². The Morgan fingerprint density at radius 3 is 2.52 bits per heavy atom. The molecule has 2 aliphatic carbocycles. The molecule has 2 aromatic rings. The first kappa shape index (κ1) is 16.8. The van der Waals surface area contributed by atoms with E-state index in [-0.39, 0.29) is 41.8 Å². The quantitative estimate of drug-likeness (QED) is 0.761. The summed E-state index contributed by atoms with van der Waals surface area (Å²) in [5.41, 5.74) is -1.87. The normalized spacial score (nSPS) is 32.1. The smallest absolute Gasteiger partial charge is 0.385 e. The van der Waals surface area contributed by atoms with Gasteiger partial charge in [-0.25, -0.2) is 13.1 Å². The van der Waals surface area contributed by atoms with Crippen LogP contribution < -0.4 is 4.72 Å². The van der Waals surface area contributed by atoms with Crippen molar-refractivity contribution in [1.82, 2.24) is 14.9 Å². The summed E-state index contributed by atoms with van der Waals surface area (Å²) in [7, 11) is -3.35. The molecule has 0 spiro atoms. The Morgan fingerprint density at radius 1 is 1.32 bits per heavy atom. The summed E-state index contributed by atoms with van der Waals surface area (Å²) in [5, 5.41) is 17.8. The predicted molar refractivity (Wildman–Crippen MR) is 83.0 cm³/mol. The van der Waals surface area contributed by atoms with E-state index in [0.717, 1.165) is 18.4 Å². The number of nitrogens with zero attached hydrogens (tertiary/aromatic N) is 1. The lowest BCUT2D eigenvalue weighted by Crippen LogP contribution is -2.33. The number of nitrogens with one attached hydrogen (secondary N) is 2. The third-order valence-corrected chi connectivity index (χ3v) is 5.92. The average Bonchev–Trinajstić information content (AvgIpc) is 2.89. The molecule has 2 aliphatic rings. The van der Waals surface area contributed by atoms with Gasteiger partial charge in [-0.3, -0.25) is 5.10 Å². The van der Waals surface area contributed by atoms with E-state index in [1.54, 1.807) is 0 Å². The molecule has 0 radical (unpaired) electrons. The predicted octanol–water partition coefficient (Wildman–Crippen LogP) is 1.73. The molecule has 6 nitrogen and oxygen atoms in total. The van der Waals surface area contributed by atoms with Crippen molar-refractivity contribution >= 4 is 20.9 Å².